The van der Waals surface area contributed by atoms with Crippen LogP contribution in [0.1, 0.15) is 18.7 Å². The molecule has 0 saturated carbocycles. The predicted octanol–water partition coefficient (Wildman–Crippen LogP) is 4.40. The highest BCUT2D eigenvalue weighted by molar-refractivity contribution is 6.35. The number of halogens is 3. The van der Waals surface area contributed by atoms with E-state index in [0.29, 0.717) is 15.8 Å². The average Bonchev–Trinajstić information content (AvgIpc) is 2.99. The van der Waals surface area contributed by atoms with Crippen LogP contribution in [0.4, 0.5) is 4.39 Å². The Labute approximate surface area is 153 Å². The maximum Gasteiger partial charge on any atom is 0.247 e. The van der Waals surface area contributed by atoms with E-state index < -0.39 is 12.0 Å². The fourth-order valence-corrected chi connectivity index (χ4v) is 2.74. The molecule has 130 valence electrons. The molecule has 0 aromatic heterocycles. The largest absolute Gasteiger partial charge is 0.482 e. The molecular formula is C17H13Cl2FN2O3. The normalized spacial score (nSPS) is 16.4. The summed E-state index contributed by atoms with van der Waals surface area (Å²) in [6.45, 7) is 1.25. The molecule has 1 heterocycles. The van der Waals surface area contributed by atoms with Crippen molar-refractivity contribution in [3.05, 3.63) is 63.9 Å². The Morgan fingerprint density at radius 3 is 2.76 bits per heavy atom. The van der Waals surface area contributed by atoms with Gasteiger partial charge in [0.2, 0.25) is 18.0 Å². The molecule has 8 heteroatoms. The smallest absolute Gasteiger partial charge is 0.247 e. The molecule has 1 aliphatic heterocycles. The lowest BCUT2D eigenvalue weighted by atomic mass is 10.2. The van der Waals surface area contributed by atoms with Gasteiger partial charge >= 0.3 is 0 Å². The molecule has 2 aromatic rings. The Kier molecular flexibility index (Phi) is 5.11. The zero-order valence-corrected chi connectivity index (χ0v) is 14.6. The van der Waals surface area contributed by atoms with Crippen molar-refractivity contribution in [3.8, 4) is 5.75 Å². The zero-order valence-electron chi connectivity index (χ0n) is 13.1. The molecule has 2 aromatic carbocycles. The first-order valence-corrected chi connectivity index (χ1v) is 8.07. The molecule has 0 unspecified atom stereocenters. The number of hydrogen-bond acceptors (Lipinski definition) is 4. The van der Waals surface area contributed by atoms with Crippen molar-refractivity contribution in [2.24, 2.45) is 5.10 Å². The first-order valence-electron chi connectivity index (χ1n) is 7.32. The summed E-state index contributed by atoms with van der Waals surface area (Å²) in [6, 6.07) is 10.8. The molecule has 0 spiro atoms. The summed E-state index contributed by atoms with van der Waals surface area (Å²) in [5.41, 5.74) is 0.209. The summed E-state index contributed by atoms with van der Waals surface area (Å²) in [6.07, 6.45) is -0.974. The van der Waals surface area contributed by atoms with Gasteiger partial charge in [0.25, 0.3) is 0 Å². The molecule has 3 rings (SSSR count). The van der Waals surface area contributed by atoms with Crippen molar-refractivity contribution in [3.63, 3.8) is 0 Å². The maximum atomic E-state index is 14.0. The number of ether oxygens (including phenoxy) is 2. The minimum Gasteiger partial charge on any atom is -0.482 e. The average molecular weight is 383 g/mol. The van der Waals surface area contributed by atoms with Crippen LogP contribution in [0.5, 0.6) is 5.75 Å². The lowest BCUT2D eigenvalue weighted by Crippen LogP contribution is -2.26. The Balaban J connectivity index is 1.76. The fraction of sp³-hybridized carbons (Fsp3) is 0.176. The fourth-order valence-electron chi connectivity index (χ4n) is 2.28. The summed E-state index contributed by atoms with van der Waals surface area (Å²) < 4.78 is 25.2. The Morgan fingerprint density at radius 1 is 1.32 bits per heavy atom. The first-order chi connectivity index (χ1) is 12.0. The van der Waals surface area contributed by atoms with Crippen molar-refractivity contribution in [2.45, 2.75) is 13.2 Å². The van der Waals surface area contributed by atoms with Crippen LogP contribution in [0.3, 0.4) is 0 Å². The van der Waals surface area contributed by atoms with Crippen LogP contribution in [0.2, 0.25) is 10.0 Å². The number of nitrogens with zero attached hydrogens (tertiary/aromatic N) is 2. The topological polar surface area (TPSA) is 51.1 Å². The van der Waals surface area contributed by atoms with Crippen molar-refractivity contribution in [2.75, 3.05) is 6.61 Å². The van der Waals surface area contributed by atoms with E-state index in [0.717, 1.165) is 5.01 Å². The van der Waals surface area contributed by atoms with Gasteiger partial charge in [0.1, 0.15) is 11.6 Å². The van der Waals surface area contributed by atoms with E-state index in [9.17, 15) is 9.18 Å². The van der Waals surface area contributed by atoms with Gasteiger partial charge in [-0.05, 0) is 24.3 Å². The van der Waals surface area contributed by atoms with Gasteiger partial charge in [-0.15, -0.1) is 5.10 Å². The highest BCUT2D eigenvalue weighted by atomic mass is 35.5. The van der Waals surface area contributed by atoms with E-state index in [2.05, 4.69) is 5.10 Å². The summed E-state index contributed by atoms with van der Waals surface area (Å²) in [7, 11) is 0. The van der Waals surface area contributed by atoms with Crippen molar-refractivity contribution in [1.82, 2.24) is 5.01 Å². The van der Waals surface area contributed by atoms with E-state index >= 15 is 0 Å². The highest BCUT2D eigenvalue weighted by Gasteiger charge is 2.34. The van der Waals surface area contributed by atoms with E-state index in [4.69, 9.17) is 32.7 Å². The van der Waals surface area contributed by atoms with E-state index in [1.165, 1.54) is 19.1 Å². The molecule has 0 aliphatic carbocycles. The van der Waals surface area contributed by atoms with Crippen molar-refractivity contribution < 1.29 is 18.7 Å². The van der Waals surface area contributed by atoms with Crippen molar-refractivity contribution in [1.29, 1.82) is 0 Å². The van der Waals surface area contributed by atoms with Gasteiger partial charge in [0.15, 0.2) is 6.61 Å². The van der Waals surface area contributed by atoms with Crippen LogP contribution < -0.4 is 4.74 Å². The predicted molar refractivity (Wildman–Crippen MR) is 92.1 cm³/mol. The monoisotopic (exact) mass is 382 g/mol. The van der Waals surface area contributed by atoms with Gasteiger partial charge in [-0.25, -0.2) is 4.39 Å². The van der Waals surface area contributed by atoms with Gasteiger partial charge in [-0.3, -0.25) is 4.79 Å². The summed E-state index contributed by atoms with van der Waals surface area (Å²) in [5.74, 6) is -0.347. The van der Waals surface area contributed by atoms with Crippen LogP contribution in [-0.4, -0.2) is 23.4 Å². The number of hydrogen-bond donors (Lipinski definition) is 0. The third kappa shape index (κ3) is 3.86. The number of hydrazone groups is 1. The van der Waals surface area contributed by atoms with Crippen molar-refractivity contribution >= 4 is 35.0 Å². The number of carbonyl (C=O) groups excluding carboxylic acids is 1. The molecule has 1 aliphatic rings. The number of amides is 1. The standard InChI is InChI=1S/C17H13Cl2FN2O3/c1-10(23)22-17(12-4-2-3-5-14(12)20)25-16(21-22)9-24-15-7-6-11(18)8-13(15)19/h2-8,17H,9H2,1H3/t17-/m0/s1. The van der Waals surface area contributed by atoms with Gasteiger partial charge < -0.3 is 9.47 Å². The molecule has 1 atom stereocenters. The second-order valence-corrected chi connectivity index (χ2v) is 6.06. The third-order valence-corrected chi connectivity index (χ3v) is 3.96. The van der Waals surface area contributed by atoms with E-state index in [1.807, 2.05) is 0 Å². The van der Waals surface area contributed by atoms with Crippen LogP contribution in [-0.2, 0) is 9.53 Å². The number of benzene rings is 2. The van der Waals surface area contributed by atoms with Crippen LogP contribution >= 0.6 is 23.2 Å². The van der Waals surface area contributed by atoms with Gasteiger partial charge in [0, 0.05) is 11.9 Å². The van der Waals surface area contributed by atoms with Crippen LogP contribution in [0, 0.1) is 5.82 Å². The van der Waals surface area contributed by atoms with E-state index in [-0.39, 0.29) is 24.0 Å². The molecular weight excluding hydrogens is 370 g/mol. The van der Waals surface area contributed by atoms with Gasteiger partial charge in [-0.2, -0.15) is 5.01 Å². The summed E-state index contributed by atoms with van der Waals surface area (Å²) >= 11 is 11.9. The van der Waals surface area contributed by atoms with Gasteiger partial charge in [-0.1, -0.05) is 41.4 Å². The quantitative estimate of drug-likeness (QED) is 0.786. The van der Waals surface area contributed by atoms with E-state index in [1.54, 1.807) is 30.3 Å². The molecule has 0 fully saturated rings. The minimum atomic E-state index is -0.974. The van der Waals surface area contributed by atoms with Crippen LogP contribution in [0.25, 0.3) is 0 Å². The van der Waals surface area contributed by atoms with Gasteiger partial charge in [0.05, 0.1) is 10.6 Å². The first kappa shape index (κ1) is 17.5. The molecule has 0 N–H and O–H groups in total. The third-order valence-electron chi connectivity index (χ3n) is 3.43. The number of rotatable bonds is 4. The lowest BCUT2D eigenvalue weighted by molar-refractivity contribution is -0.135. The highest BCUT2D eigenvalue weighted by Crippen LogP contribution is 2.31. The second-order valence-electron chi connectivity index (χ2n) is 5.21. The molecule has 5 nitrogen and oxygen atoms in total. The number of carbonyl (C=O) groups is 1. The second kappa shape index (κ2) is 7.29. The maximum absolute atomic E-state index is 14.0. The zero-order chi connectivity index (χ0) is 18.0. The Morgan fingerprint density at radius 2 is 2.08 bits per heavy atom. The Bertz CT molecular complexity index is 844. The molecule has 25 heavy (non-hydrogen) atoms. The Hall–Kier alpha value is -2.31. The SMILES string of the molecule is CC(=O)N1N=C(COc2ccc(Cl)cc2Cl)O[C@H]1c1ccccc1F. The minimum absolute atomic E-state index is 0.0733. The molecule has 0 radical (unpaired) electrons. The summed E-state index contributed by atoms with van der Waals surface area (Å²) in [4.78, 5) is 11.8. The van der Waals surface area contributed by atoms with Crippen LogP contribution in [0.15, 0.2) is 47.6 Å². The summed E-state index contributed by atoms with van der Waals surface area (Å²) in [5, 5.41) is 5.95. The molecule has 0 bridgehead atoms. The molecule has 1 amide bonds. The molecule has 0 saturated heterocycles. The lowest BCUT2D eigenvalue weighted by Gasteiger charge is -2.19.